The third-order valence-electron chi connectivity index (χ3n) is 2.81. The van der Waals surface area contributed by atoms with Gasteiger partial charge in [0, 0.05) is 9.13 Å². The van der Waals surface area contributed by atoms with Crippen LogP contribution in [0.15, 0.2) is 41.5 Å². The lowest BCUT2D eigenvalue weighted by molar-refractivity contribution is -0.123. The molecule has 0 aliphatic rings. The Morgan fingerprint density at radius 1 is 1.35 bits per heavy atom. The van der Waals surface area contributed by atoms with Gasteiger partial charge in [-0.1, -0.05) is 12.1 Å². The molecule has 0 aliphatic heterocycles. The van der Waals surface area contributed by atoms with Crippen LogP contribution >= 0.6 is 45.2 Å². The number of rotatable bonds is 5. The third-order valence-corrected chi connectivity index (χ3v) is 4.26. The first-order chi connectivity index (χ1) is 11.0. The zero-order chi connectivity index (χ0) is 16.8. The highest BCUT2D eigenvalue weighted by Crippen LogP contribution is 2.25. The Bertz CT molecular complexity index is 748. The number of halogens is 2. The van der Waals surface area contributed by atoms with Crippen LogP contribution in [-0.2, 0) is 4.79 Å². The highest BCUT2D eigenvalue weighted by Gasteiger charge is 2.06. The zero-order valence-corrected chi connectivity index (χ0v) is 16.5. The predicted molar refractivity (Wildman–Crippen MR) is 106 cm³/mol. The highest BCUT2D eigenvalue weighted by molar-refractivity contribution is 14.1. The van der Waals surface area contributed by atoms with E-state index >= 15 is 0 Å². The van der Waals surface area contributed by atoms with E-state index in [1.165, 1.54) is 6.21 Å². The summed E-state index contributed by atoms with van der Waals surface area (Å²) in [6.45, 7) is 1.82. The number of hydrazone groups is 1. The molecule has 2 aromatic rings. The topological polar surface area (TPSA) is 70.9 Å². The van der Waals surface area contributed by atoms with Crippen LogP contribution in [0.3, 0.4) is 0 Å². The highest BCUT2D eigenvalue weighted by atomic mass is 127. The summed E-state index contributed by atoms with van der Waals surface area (Å²) >= 11 is 4.19. The standard InChI is InChI=1S/C16H14I2N2O3/c1-10-3-2-4-13(5-10)23-9-15(21)20-19-8-11-6-12(17)7-14(18)16(11)22/h2-8,22H,9H2,1H3,(H,20,21). The van der Waals surface area contributed by atoms with E-state index in [0.29, 0.717) is 11.3 Å². The summed E-state index contributed by atoms with van der Waals surface area (Å²) in [6, 6.07) is 11.1. The number of hydrogen-bond donors (Lipinski definition) is 2. The number of hydrogen-bond acceptors (Lipinski definition) is 4. The molecule has 0 aliphatic carbocycles. The van der Waals surface area contributed by atoms with Gasteiger partial charge in [0.2, 0.25) is 0 Å². The fourth-order valence-electron chi connectivity index (χ4n) is 1.74. The van der Waals surface area contributed by atoms with E-state index in [4.69, 9.17) is 4.74 Å². The number of carbonyl (C=O) groups is 1. The van der Waals surface area contributed by atoms with Gasteiger partial charge in [-0.05, 0) is 81.9 Å². The third kappa shape index (κ3) is 5.65. The van der Waals surface area contributed by atoms with Crippen molar-refractivity contribution in [3.8, 4) is 11.5 Å². The van der Waals surface area contributed by atoms with Gasteiger partial charge >= 0.3 is 0 Å². The lowest BCUT2D eigenvalue weighted by Gasteiger charge is -2.06. The Morgan fingerprint density at radius 3 is 2.87 bits per heavy atom. The van der Waals surface area contributed by atoms with Crippen molar-refractivity contribution in [2.24, 2.45) is 5.10 Å². The number of benzene rings is 2. The molecule has 0 bridgehead atoms. The molecule has 0 atom stereocenters. The molecule has 1 amide bonds. The summed E-state index contributed by atoms with van der Waals surface area (Å²) < 4.78 is 7.08. The van der Waals surface area contributed by atoms with Gasteiger partial charge in [0.15, 0.2) is 6.61 Å². The largest absolute Gasteiger partial charge is 0.506 e. The molecular formula is C16H14I2N2O3. The minimum Gasteiger partial charge on any atom is -0.506 e. The smallest absolute Gasteiger partial charge is 0.277 e. The molecule has 0 radical (unpaired) electrons. The summed E-state index contributed by atoms with van der Waals surface area (Å²) in [5.74, 6) is 0.400. The number of phenols is 1. The molecule has 0 saturated carbocycles. The average molecular weight is 536 g/mol. The Labute approximate surface area is 161 Å². The van der Waals surface area contributed by atoms with Gasteiger partial charge < -0.3 is 9.84 Å². The van der Waals surface area contributed by atoms with Gasteiger partial charge in [0.05, 0.1) is 9.78 Å². The van der Waals surface area contributed by atoms with Crippen molar-refractivity contribution in [1.29, 1.82) is 0 Å². The van der Waals surface area contributed by atoms with Crippen molar-refractivity contribution in [2.45, 2.75) is 6.92 Å². The van der Waals surface area contributed by atoms with Crippen molar-refractivity contribution in [3.63, 3.8) is 0 Å². The summed E-state index contributed by atoms with van der Waals surface area (Å²) in [4.78, 5) is 11.7. The van der Waals surface area contributed by atoms with Gasteiger partial charge in [0.1, 0.15) is 11.5 Å². The maximum Gasteiger partial charge on any atom is 0.277 e. The molecule has 2 rings (SSSR count). The minimum atomic E-state index is -0.373. The van der Waals surface area contributed by atoms with E-state index in [-0.39, 0.29) is 18.3 Å². The second-order valence-electron chi connectivity index (χ2n) is 4.72. The molecule has 0 saturated heterocycles. The fraction of sp³-hybridized carbons (Fsp3) is 0.125. The summed E-state index contributed by atoms with van der Waals surface area (Å²) in [5, 5.41) is 13.8. The molecule has 0 fully saturated rings. The molecule has 0 aromatic heterocycles. The van der Waals surface area contributed by atoms with Crippen molar-refractivity contribution >= 4 is 57.3 Å². The SMILES string of the molecule is Cc1cccc(OCC(=O)NN=Cc2cc(I)cc(I)c2O)c1. The molecule has 23 heavy (non-hydrogen) atoms. The number of ether oxygens (including phenoxy) is 1. The van der Waals surface area contributed by atoms with Crippen molar-refractivity contribution in [3.05, 3.63) is 54.7 Å². The molecule has 2 aromatic carbocycles. The van der Waals surface area contributed by atoms with Crippen LogP contribution in [-0.4, -0.2) is 23.8 Å². The number of phenolic OH excluding ortho intramolecular Hbond substituents is 1. The summed E-state index contributed by atoms with van der Waals surface area (Å²) in [7, 11) is 0. The first kappa shape index (κ1) is 18.0. The maximum absolute atomic E-state index is 11.7. The quantitative estimate of drug-likeness (QED) is 0.350. The number of aromatic hydroxyl groups is 1. The van der Waals surface area contributed by atoms with E-state index in [1.54, 1.807) is 12.1 Å². The zero-order valence-electron chi connectivity index (χ0n) is 12.2. The van der Waals surface area contributed by atoms with Gasteiger partial charge in [-0.2, -0.15) is 5.10 Å². The predicted octanol–water partition coefficient (Wildman–Crippen LogP) is 3.44. The Balaban J connectivity index is 1.89. The molecule has 120 valence electrons. The lowest BCUT2D eigenvalue weighted by Crippen LogP contribution is -2.24. The van der Waals surface area contributed by atoms with E-state index < -0.39 is 0 Å². The molecule has 5 nitrogen and oxygen atoms in total. The Hall–Kier alpha value is -1.36. The Kier molecular flexibility index (Phi) is 6.63. The number of nitrogens with zero attached hydrogens (tertiary/aromatic N) is 1. The van der Waals surface area contributed by atoms with Gasteiger partial charge in [-0.3, -0.25) is 4.79 Å². The average Bonchev–Trinajstić information content (AvgIpc) is 2.50. The molecule has 0 heterocycles. The number of carbonyl (C=O) groups excluding carboxylic acids is 1. The van der Waals surface area contributed by atoms with Crippen molar-refractivity contribution in [2.75, 3.05) is 6.61 Å². The van der Waals surface area contributed by atoms with E-state index in [1.807, 2.05) is 53.8 Å². The monoisotopic (exact) mass is 536 g/mol. The molecule has 7 heteroatoms. The minimum absolute atomic E-state index is 0.128. The molecule has 2 N–H and O–H groups in total. The fourth-order valence-corrected chi connectivity index (χ4v) is 3.63. The second-order valence-corrected chi connectivity index (χ2v) is 7.13. The number of amides is 1. The van der Waals surface area contributed by atoms with Crippen LogP contribution < -0.4 is 10.2 Å². The maximum atomic E-state index is 11.7. The van der Waals surface area contributed by atoms with Gasteiger partial charge in [-0.25, -0.2) is 5.43 Å². The van der Waals surface area contributed by atoms with Crippen molar-refractivity contribution < 1.29 is 14.6 Å². The summed E-state index contributed by atoms with van der Waals surface area (Å²) in [5.41, 5.74) is 3.97. The molecule has 0 unspecified atom stereocenters. The first-order valence-electron chi connectivity index (χ1n) is 6.65. The lowest BCUT2D eigenvalue weighted by atomic mass is 10.2. The van der Waals surface area contributed by atoms with E-state index in [2.05, 4.69) is 33.1 Å². The van der Waals surface area contributed by atoms with Crippen LogP contribution in [0.25, 0.3) is 0 Å². The Morgan fingerprint density at radius 2 is 2.13 bits per heavy atom. The van der Waals surface area contributed by atoms with E-state index in [9.17, 15) is 9.90 Å². The summed E-state index contributed by atoms with van der Waals surface area (Å²) in [6.07, 6.45) is 1.41. The number of aryl methyl sites for hydroxylation is 1. The number of nitrogens with one attached hydrogen (secondary N) is 1. The van der Waals surface area contributed by atoms with Gasteiger partial charge in [-0.15, -0.1) is 0 Å². The molecular weight excluding hydrogens is 522 g/mol. The van der Waals surface area contributed by atoms with Crippen LogP contribution in [0.1, 0.15) is 11.1 Å². The van der Waals surface area contributed by atoms with Crippen LogP contribution in [0.2, 0.25) is 0 Å². The van der Waals surface area contributed by atoms with E-state index in [0.717, 1.165) is 12.7 Å². The normalized spacial score (nSPS) is 10.7. The van der Waals surface area contributed by atoms with Crippen LogP contribution in [0.5, 0.6) is 11.5 Å². The first-order valence-corrected chi connectivity index (χ1v) is 8.81. The second kappa shape index (κ2) is 8.48. The van der Waals surface area contributed by atoms with Crippen molar-refractivity contribution in [1.82, 2.24) is 5.43 Å². The van der Waals surface area contributed by atoms with Crippen LogP contribution in [0, 0.1) is 14.1 Å². The van der Waals surface area contributed by atoms with Gasteiger partial charge in [0.25, 0.3) is 5.91 Å². The molecule has 0 spiro atoms. The van der Waals surface area contributed by atoms with Crippen LogP contribution in [0.4, 0.5) is 0 Å².